The van der Waals surface area contributed by atoms with Crippen LogP contribution in [0, 0.1) is 0 Å². The minimum absolute atomic E-state index is 0.0760. The molecule has 0 radical (unpaired) electrons. The highest BCUT2D eigenvalue weighted by Gasteiger charge is 2.35. The maximum atomic E-state index is 13.0. The average Bonchev–Trinajstić information content (AvgIpc) is 3.14. The van der Waals surface area contributed by atoms with Gasteiger partial charge in [-0.3, -0.25) is 0 Å². The first-order chi connectivity index (χ1) is 9.40. The molecule has 4 nitrogen and oxygen atoms in total. The van der Waals surface area contributed by atoms with E-state index in [0.717, 1.165) is 18.9 Å². The van der Waals surface area contributed by atoms with E-state index < -0.39 is 17.8 Å². The van der Waals surface area contributed by atoms with E-state index in [1.807, 2.05) is 0 Å². The maximum Gasteiger partial charge on any atom is 0.418 e. The number of hydrogen-bond acceptors (Lipinski definition) is 2. The summed E-state index contributed by atoms with van der Waals surface area (Å²) in [5.74, 6) is 0.118. The highest BCUT2D eigenvalue weighted by molar-refractivity contribution is 5.90. The highest BCUT2D eigenvalue weighted by atomic mass is 19.4. The summed E-state index contributed by atoms with van der Waals surface area (Å²) in [7, 11) is 0. The number of alkyl halides is 3. The van der Waals surface area contributed by atoms with Crippen LogP contribution in [0.25, 0.3) is 0 Å². The van der Waals surface area contributed by atoms with E-state index in [-0.39, 0.29) is 24.1 Å². The number of carbonyl (C=O) groups excluding carboxylic acids is 1. The zero-order chi connectivity index (χ0) is 14.8. The van der Waals surface area contributed by atoms with Crippen LogP contribution in [0.4, 0.5) is 23.7 Å². The van der Waals surface area contributed by atoms with Crippen LogP contribution < -0.4 is 15.4 Å². The summed E-state index contributed by atoms with van der Waals surface area (Å²) in [5, 5.41) is 4.80. The molecular weight excluding hydrogens is 273 g/mol. The van der Waals surface area contributed by atoms with Crippen molar-refractivity contribution in [2.75, 3.05) is 11.9 Å². The third-order valence-electron chi connectivity index (χ3n) is 2.77. The van der Waals surface area contributed by atoms with Crippen LogP contribution >= 0.6 is 0 Å². The van der Waals surface area contributed by atoms with Crippen molar-refractivity contribution >= 4 is 11.7 Å². The van der Waals surface area contributed by atoms with Gasteiger partial charge in [-0.05, 0) is 38.0 Å². The van der Waals surface area contributed by atoms with Crippen molar-refractivity contribution in [1.82, 2.24) is 5.32 Å². The summed E-state index contributed by atoms with van der Waals surface area (Å²) in [6.07, 6.45) is -2.83. The van der Waals surface area contributed by atoms with E-state index in [2.05, 4.69) is 10.6 Å². The first-order valence-corrected chi connectivity index (χ1v) is 6.31. The number of nitrogens with one attached hydrogen (secondary N) is 2. The molecule has 1 fully saturated rings. The second kappa shape index (κ2) is 5.60. The molecule has 2 amide bonds. The highest BCUT2D eigenvalue weighted by Crippen LogP contribution is 2.37. The van der Waals surface area contributed by atoms with Crippen molar-refractivity contribution in [3.8, 4) is 5.75 Å². The summed E-state index contributed by atoms with van der Waals surface area (Å²) in [5.41, 5.74) is -1.20. The molecule has 0 spiro atoms. The Labute approximate surface area is 114 Å². The Morgan fingerprint density at radius 3 is 2.65 bits per heavy atom. The monoisotopic (exact) mass is 288 g/mol. The molecule has 1 aromatic rings. The van der Waals surface area contributed by atoms with Gasteiger partial charge >= 0.3 is 12.2 Å². The molecule has 20 heavy (non-hydrogen) atoms. The number of carbonyl (C=O) groups is 1. The second-order valence-electron chi connectivity index (χ2n) is 4.51. The Morgan fingerprint density at radius 1 is 1.40 bits per heavy atom. The molecule has 0 atom stereocenters. The summed E-state index contributed by atoms with van der Waals surface area (Å²) < 4.78 is 43.9. The van der Waals surface area contributed by atoms with Crippen molar-refractivity contribution in [3.63, 3.8) is 0 Å². The SMILES string of the molecule is CCOc1ccc(NC(=O)NC2CC2)c(C(F)(F)F)c1. The molecule has 0 saturated heterocycles. The van der Waals surface area contributed by atoms with Crippen molar-refractivity contribution < 1.29 is 22.7 Å². The second-order valence-corrected chi connectivity index (χ2v) is 4.51. The molecule has 1 aliphatic rings. The van der Waals surface area contributed by atoms with Gasteiger partial charge in [-0.2, -0.15) is 13.2 Å². The van der Waals surface area contributed by atoms with E-state index >= 15 is 0 Å². The number of rotatable bonds is 4. The number of anilines is 1. The molecule has 2 N–H and O–H groups in total. The lowest BCUT2D eigenvalue weighted by Crippen LogP contribution is -2.31. The van der Waals surface area contributed by atoms with Gasteiger partial charge < -0.3 is 15.4 Å². The Kier molecular flexibility index (Phi) is 4.06. The van der Waals surface area contributed by atoms with Gasteiger partial charge in [0.2, 0.25) is 0 Å². The van der Waals surface area contributed by atoms with Gasteiger partial charge in [0.15, 0.2) is 0 Å². The Hall–Kier alpha value is -1.92. The van der Waals surface area contributed by atoms with E-state index in [1.54, 1.807) is 6.92 Å². The lowest BCUT2D eigenvalue weighted by molar-refractivity contribution is -0.137. The van der Waals surface area contributed by atoms with Crippen molar-refractivity contribution in [2.45, 2.75) is 32.0 Å². The number of halogens is 3. The van der Waals surface area contributed by atoms with Gasteiger partial charge in [0.25, 0.3) is 0 Å². The molecule has 1 saturated carbocycles. The molecule has 0 unspecified atom stereocenters. The summed E-state index contributed by atoms with van der Waals surface area (Å²) in [6.45, 7) is 1.95. The van der Waals surface area contributed by atoms with Crippen molar-refractivity contribution in [1.29, 1.82) is 0 Å². The molecular formula is C13H15F3N2O2. The fourth-order valence-corrected chi connectivity index (χ4v) is 1.69. The van der Waals surface area contributed by atoms with Crippen LogP contribution in [0.15, 0.2) is 18.2 Å². The first kappa shape index (κ1) is 14.5. The Bertz CT molecular complexity index is 499. The molecule has 0 aliphatic heterocycles. The predicted molar refractivity (Wildman–Crippen MR) is 67.8 cm³/mol. The van der Waals surface area contributed by atoms with E-state index in [1.165, 1.54) is 12.1 Å². The normalized spacial score (nSPS) is 14.8. The van der Waals surface area contributed by atoms with Crippen LogP contribution in [0.3, 0.4) is 0 Å². The minimum atomic E-state index is -4.56. The molecule has 1 aromatic carbocycles. The first-order valence-electron chi connectivity index (χ1n) is 6.31. The summed E-state index contributed by atoms with van der Waals surface area (Å²) in [6, 6.07) is 2.93. The van der Waals surface area contributed by atoms with Crippen LogP contribution in [-0.2, 0) is 6.18 Å². The molecule has 0 aromatic heterocycles. The van der Waals surface area contributed by atoms with Gasteiger partial charge in [-0.1, -0.05) is 0 Å². The minimum Gasteiger partial charge on any atom is -0.494 e. The largest absolute Gasteiger partial charge is 0.494 e. The van der Waals surface area contributed by atoms with E-state index in [4.69, 9.17) is 4.74 Å². The van der Waals surface area contributed by atoms with Crippen LogP contribution in [0.2, 0.25) is 0 Å². The van der Waals surface area contributed by atoms with Crippen LogP contribution in [0.5, 0.6) is 5.75 Å². The molecule has 0 heterocycles. The van der Waals surface area contributed by atoms with Gasteiger partial charge in [-0.15, -0.1) is 0 Å². The van der Waals surface area contributed by atoms with E-state index in [9.17, 15) is 18.0 Å². The molecule has 7 heteroatoms. The predicted octanol–water partition coefficient (Wildman–Crippen LogP) is 3.39. The lowest BCUT2D eigenvalue weighted by atomic mass is 10.1. The average molecular weight is 288 g/mol. The van der Waals surface area contributed by atoms with Crippen molar-refractivity contribution in [3.05, 3.63) is 23.8 Å². The summed E-state index contributed by atoms with van der Waals surface area (Å²) in [4.78, 5) is 11.5. The van der Waals surface area contributed by atoms with Gasteiger partial charge in [0.1, 0.15) is 5.75 Å². The molecule has 0 bridgehead atoms. The quantitative estimate of drug-likeness (QED) is 0.892. The number of ether oxygens (including phenoxy) is 1. The van der Waals surface area contributed by atoms with Gasteiger partial charge in [0, 0.05) is 6.04 Å². The van der Waals surface area contributed by atoms with Gasteiger partial charge in [-0.25, -0.2) is 4.79 Å². The summed E-state index contributed by atoms with van der Waals surface area (Å²) >= 11 is 0. The molecule has 2 rings (SSSR count). The van der Waals surface area contributed by atoms with Crippen molar-refractivity contribution in [2.24, 2.45) is 0 Å². The maximum absolute atomic E-state index is 13.0. The Balaban J connectivity index is 2.19. The topological polar surface area (TPSA) is 50.4 Å². The fourth-order valence-electron chi connectivity index (χ4n) is 1.69. The van der Waals surface area contributed by atoms with E-state index in [0.29, 0.717) is 0 Å². The third kappa shape index (κ3) is 3.79. The lowest BCUT2D eigenvalue weighted by Gasteiger charge is -2.15. The van der Waals surface area contributed by atoms with Gasteiger partial charge in [0.05, 0.1) is 17.9 Å². The molecule has 1 aliphatic carbocycles. The number of urea groups is 1. The zero-order valence-corrected chi connectivity index (χ0v) is 10.9. The third-order valence-corrected chi connectivity index (χ3v) is 2.77. The fraction of sp³-hybridized carbons (Fsp3) is 0.462. The van der Waals surface area contributed by atoms with Crippen LogP contribution in [0.1, 0.15) is 25.3 Å². The zero-order valence-electron chi connectivity index (χ0n) is 10.9. The molecule has 110 valence electrons. The smallest absolute Gasteiger partial charge is 0.418 e. The standard InChI is InChI=1S/C13H15F3N2O2/c1-2-20-9-5-6-11(10(7-9)13(14,15)16)18-12(19)17-8-3-4-8/h5-8H,2-4H2,1H3,(H2,17,18,19). The Morgan fingerprint density at radius 2 is 2.10 bits per heavy atom. The number of amides is 2. The van der Waals surface area contributed by atoms with Crippen LogP contribution in [-0.4, -0.2) is 18.7 Å². The number of hydrogen-bond donors (Lipinski definition) is 2. The number of benzene rings is 1.